The molecule has 0 aromatic heterocycles. The predicted octanol–water partition coefficient (Wildman–Crippen LogP) is 1.59. The number of nitrogens with one attached hydrogen (secondary N) is 1. The maximum Gasteiger partial charge on any atom is 0.235 e. The predicted molar refractivity (Wildman–Crippen MR) is 70.8 cm³/mol. The SMILES string of the molecule is CC(C)CCSC(C)C(=O)N1CCNCC1. The fraction of sp³-hybridized carbons (Fsp3) is 0.917. The topological polar surface area (TPSA) is 32.3 Å². The van der Waals surface area contributed by atoms with Gasteiger partial charge in [0.05, 0.1) is 5.25 Å². The fourth-order valence-electron chi connectivity index (χ4n) is 1.69. The van der Waals surface area contributed by atoms with Gasteiger partial charge >= 0.3 is 0 Å². The lowest BCUT2D eigenvalue weighted by molar-refractivity contribution is -0.130. The number of amides is 1. The quantitative estimate of drug-likeness (QED) is 0.797. The Morgan fingerprint density at radius 3 is 2.50 bits per heavy atom. The van der Waals surface area contributed by atoms with Crippen LogP contribution in [0.4, 0.5) is 0 Å². The van der Waals surface area contributed by atoms with Crippen molar-refractivity contribution in [3.63, 3.8) is 0 Å². The van der Waals surface area contributed by atoms with Gasteiger partial charge in [-0.2, -0.15) is 0 Å². The highest BCUT2D eigenvalue weighted by atomic mass is 32.2. The first-order valence-corrected chi connectivity index (χ1v) is 7.27. The molecule has 1 fully saturated rings. The molecule has 1 saturated heterocycles. The number of hydrogen-bond acceptors (Lipinski definition) is 3. The van der Waals surface area contributed by atoms with Crippen LogP contribution in [0, 0.1) is 5.92 Å². The van der Waals surface area contributed by atoms with Gasteiger partial charge in [0.2, 0.25) is 5.91 Å². The van der Waals surface area contributed by atoms with E-state index in [-0.39, 0.29) is 5.25 Å². The van der Waals surface area contributed by atoms with Gasteiger partial charge in [-0.15, -0.1) is 11.8 Å². The number of piperazine rings is 1. The van der Waals surface area contributed by atoms with E-state index in [0.29, 0.717) is 5.91 Å². The summed E-state index contributed by atoms with van der Waals surface area (Å²) in [6.45, 7) is 10.1. The van der Waals surface area contributed by atoms with Gasteiger partial charge in [0.25, 0.3) is 0 Å². The Balaban J connectivity index is 2.23. The van der Waals surface area contributed by atoms with Crippen molar-refractivity contribution in [3.05, 3.63) is 0 Å². The molecule has 1 unspecified atom stereocenters. The molecule has 94 valence electrons. The third-order valence-electron chi connectivity index (χ3n) is 2.84. The molecule has 0 aliphatic carbocycles. The van der Waals surface area contributed by atoms with Crippen LogP contribution >= 0.6 is 11.8 Å². The highest BCUT2D eigenvalue weighted by Gasteiger charge is 2.21. The van der Waals surface area contributed by atoms with Crippen molar-refractivity contribution in [2.75, 3.05) is 31.9 Å². The fourth-order valence-corrected chi connectivity index (χ4v) is 2.95. The van der Waals surface area contributed by atoms with Crippen molar-refractivity contribution in [1.29, 1.82) is 0 Å². The molecule has 1 aliphatic heterocycles. The molecule has 16 heavy (non-hydrogen) atoms. The van der Waals surface area contributed by atoms with Crippen LogP contribution in [-0.4, -0.2) is 48.0 Å². The van der Waals surface area contributed by atoms with Gasteiger partial charge in [0.1, 0.15) is 0 Å². The standard InChI is InChI=1S/C12H24N2OS/c1-10(2)4-9-16-11(3)12(15)14-7-5-13-6-8-14/h10-11,13H,4-9H2,1-3H3. The summed E-state index contributed by atoms with van der Waals surface area (Å²) in [6.07, 6.45) is 1.20. The summed E-state index contributed by atoms with van der Waals surface area (Å²) in [5, 5.41) is 3.39. The molecule has 1 N–H and O–H groups in total. The van der Waals surface area contributed by atoms with E-state index in [4.69, 9.17) is 0 Å². The molecule has 0 aromatic carbocycles. The lowest BCUT2D eigenvalue weighted by Gasteiger charge is -2.29. The lowest BCUT2D eigenvalue weighted by atomic mass is 10.2. The van der Waals surface area contributed by atoms with E-state index in [2.05, 4.69) is 19.2 Å². The average Bonchev–Trinajstić information content (AvgIpc) is 2.28. The number of hydrogen-bond donors (Lipinski definition) is 1. The summed E-state index contributed by atoms with van der Waals surface area (Å²) in [5.74, 6) is 2.14. The van der Waals surface area contributed by atoms with E-state index in [9.17, 15) is 4.79 Å². The van der Waals surface area contributed by atoms with Gasteiger partial charge in [0, 0.05) is 26.2 Å². The Labute approximate surface area is 103 Å². The maximum atomic E-state index is 12.1. The van der Waals surface area contributed by atoms with E-state index in [1.165, 1.54) is 6.42 Å². The zero-order valence-corrected chi connectivity index (χ0v) is 11.5. The Hall–Kier alpha value is -0.220. The first kappa shape index (κ1) is 13.8. The Kier molecular flexibility index (Phi) is 6.21. The maximum absolute atomic E-state index is 12.1. The van der Waals surface area contributed by atoms with Crippen LogP contribution in [0.5, 0.6) is 0 Å². The molecular formula is C12H24N2OS. The van der Waals surface area contributed by atoms with Gasteiger partial charge in [-0.3, -0.25) is 4.79 Å². The zero-order chi connectivity index (χ0) is 12.0. The van der Waals surface area contributed by atoms with Gasteiger partial charge < -0.3 is 10.2 Å². The van der Waals surface area contributed by atoms with Crippen LogP contribution < -0.4 is 5.32 Å². The van der Waals surface area contributed by atoms with E-state index in [1.54, 1.807) is 11.8 Å². The Morgan fingerprint density at radius 2 is 1.94 bits per heavy atom. The zero-order valence-electron chi connectivity index (χ0n) is 10.7. The first-order chi connectivity index (χ1) is 7.61. The first-order valence-electron chi connectivity index (χ1n) is 6.22. The number of carbonyl (C=O) groups is 1. The minimum atomic E-state index is 0.122. The molecule has 4 heteroatoms. The third kappa shape index (κ3) is 4.74. The van der Waals surface area contributed by atoms with E-state index >= 15 is 0 Å². The number of nitrogens with zero attached hydrogens (tertiary/aromatic N) is 1. The molecule has 1 rings (SSSR count). The second-order valence-corrected chi connectivity index (χ2v) is 6.22. The van der Waals surface area contributed by atoms with Gasteiger partial charge in [-0.05, 0) is 25.0 Å². The monoisotopic (exact) mass is 244 g/mol. The Bertz CT molecular complexity index is 215. The van der Waals surface area contributed by atoms with Crippen LogP contribution in [0.15, 0.2) is 0 Å². The molecule has 3 nitrogen and oxygen atoms in total. The minimum Gasteiger partial charge on any atom is -0.339 e. The second kappa shape index (κ2) is 7.17. The van der Waals surface area contributed by atoms with E-state index in [1.807, 2.05) is 11.8 Å². The smallest absolute Gasteiger partial charge is 0.235 e. The molecule has 0 spiro atoms. The van der Waals surface area contributed by atoms with Crippen LogP contribution in [0.1, 0.15) is 27.2 Å². The van der Waals surface area contributed by atoms with Gasteiger partial charge in [-0.1, -0.05) is 13.8 Å². The van der Waals surface area contributed by atoms with Crippen LogP contribution in [0.2, 0.25) is 0 Å². The molecule has 1 heterocycles. The molecule has 1 aliphatic rings. The third-order valence-corrected chi connectivity index (χ3v) is 4.01. The molecule has 0 bridgehead atoms. The number of thioether (sulfide) groups is 1. The lowest BCUT2D eigenvalue weighted by Crippen LogP contribution is -2.48. The molecule has 1 atom stereocenters. The average molecular weight is 244 g/mol. The largest absolute Gasteiger partial charge is 0.339 e. The van der Waals surface area contributed by atoms with Crippen molar-refractivity contribution in [2.24, 2.45) is 5.92 Å². The molecule has 0 radical (unpaired) electrons. The Morgan fingerprint density at radius 1 is 1.31 bits per heavy atom. The summed E-state index contributed by atoms with van der Waals surface area (Å²) in [7, 11) is 0. The minimum absolute atomic E-state index is 0.122. The van der Waals surface area contributed by atoms with Crippen molar-refractivity contribution in [3.8, 4) is 0 Å². The van der Waals surface area contributed by atoms with Gasteiger partial charge in [0.15, 0.2) is 0 Å². The van der Waals surface area contributed by atoms with Crippen molar-refractivity contribution in [1.82, 2.24) is 10.2 Å². The second-order valence-electron chi connectivity index (χ2n) is 4.77. The summed E-state index contributed by atoms with van der Waals surface area (Å²) in [4.78, 5) is 14.0. The highest BCUT2D eigenvalue weighted by molar-refractivity contribution is 8.00. The van der Waals surface area contributed by atoms with Crippen molar-refractivity contribution in [2.45, 2.75) is 32.4 Å². The number of carbonyl (C=O) groups excluding carboxylic acids is 1. The molecule has 0 aromatic rings. The number of rotatable bonds is 5. The highest BCUT2D eigenvalue weighted by Crippen LogP contribution is 2.17. The van der Waals surface area contributed by atoms with Crippen molar-refractivity contribution >= 4 is 17.7 Å². The molecular weight excluding hydrogens is 220 g/mol. The normalized spacial score (nSPS) is 18.9. The van der Waals surface area contributed by atoms with E-state index in [0.717, 1.165) is 37.8 Å². The van der Waals surface area contributed by atoms with Crippen molar-refractivity contribution < 1.29 is 4.79 Å². The summed E-state index contributed by atoms with van der Waals surface area (Å²) in [6, 6.07) is 0. The van der Waals surface area contributed by atoms with Gasteiger partial charge in [-0.25, -0.2) is 0 Å². The summed E-state index contributed by atoms with van der Waals surface area (Å²) >= 11 is 1.79. The van der Waals surface area contributed by atoms with Crippen LogP contribution in [-0.2, 0) is 4.79 Å². The van der Waals surface area contributed by atoms with E-state index < -0.39 is 0 Å². The van der Waals surface area contributed by atoms with Crippen LogP contribution in [0.3, 0.4) is 0 Å². The molecule has 1 amide bonds. The molecule has 0 saturated carbocycles. The summed E-state index contributed by atoms with van der Waals surface area (Å²) < 4.78 is 0. The summed E-state index contributed by atoms with van der Waals surface area (Å²) in [5.41, 5.74) is 0. The van der Waals surface area contributed by atoms with Crippen LogP contribution in [0.25, 0.3) is 0 Å².